The lowest BCUT2D eigenvalue weighted by Gasteiger charge is -2.18. The zero-order chi connectivity index (χ0) is 35.2. The van der Waals surface area contributed by atoms with Gasteiger partial charge in [-0.1, -0.05) is 143 Å². The van der Waals surface area contributed by atoms with E-state index in [9.17, 15) is 9.59 Å². The van der Waals surface area contributed by atoms with Crippen LogP contribution >= 0.6 is 0 Å². The zero-order valence-electron chi connectivity index (χ0n) is 30.2. The number of ether oxygens (including phenoxy) is 2. The summed E-state index contributed by atoms with van der Waals surface area (Å²) in [4.78, 5) is 24.2. The highest BCUT2D eigenvalue weighted by Gasteiger charge is 2.24. The van der Waals surface area contributed by atoms with E-state index in [0.717, 1.165) is 33.4 Å². The Hall–Kier alpha value is -4.12. The molecule has 46 heavy (non-hydrogen) atoms. The third-order valence-corrected chi connectivity index (χ3v) is 6.90. The van der Waals surface area contributed by atoms with Crippen molar-refractivity contribution in [2.45, 2.75) is 80.4 Å². The van der Waals surface area contributed by atoms with E-state index in [-0.39, 0.29) is 11.6 Å². The quantitative estimate of drug-likeness (QED) is 0.112. The molecule has 0 rings (SSSR count). The summed E-state index contributed by atoms with van der Waals surface area (Å²) in [5.41, 5.74) is 4.87. The summed E-state index contributed by atoms with van der Waals surface area (Å²) >= 11 is 0. The van der Waals surface area contributed by atoms with Crippen LogP contribution in [0.4, 0.5) is 0 Å². The maximum atomic E-state index is 12.1. The molecule has 4 heteroatoms. The second-order valence-electron chi connectivity index (χ2n) is 12.1. The Morgan fingerprint density at radius 1 is 0.370 bits per heavy atom. The molecule has 248 valence electrons. The number of carbonyl (C=O) groups is 2. The third-order valence-electron chi connectivity index (χ3n) is 6.90. The predicted octanol–water partition coefficient (Wildman–Crippen LogP) is 10.5. The molecule has 0 amide bonds. The Balaban J connectivity index is 4.92. The molecule has 0 bridgehead atoms. The Labute approximate surface area is 279 Å². The lowest BCUT2D eigenvalue weighted by atomic mass is 10.0. The lowest BCUT2D eigenvalue weighted by Crippen LogP contribution is -2.32. The maximum absolute atomic E-state index is 12.1. The second-order valence-corrected chi connectivity index (χ2v) is 12.1. The fourth-order valence-electron chi connectivity index (χ4n) is 3.17. The van der Waals surface area contributed by atoms with Crippen LogP contribution in [0.25, 0.3) is 0 Å². The number of hydrogen-bond donors (Lipinski definition) is 0. The molecular weight excluding hydrogens is 568 g/mol. The van der Waals surface area contributed by atoms with Crippen LogP contribution < -0.4 is 0 Å². The Kier molecular flexibility index (Phi) is 20.4. The fraction of sp³-hybridized carbons (Fsp3) is 0.333. The van der Waals surface area contributed by atoms with Crippen LogP contribution in [-0.4, -0.2) is 37.0 Å². The molecular formula is C42H56O4. The van der Waals surface area contributed by atoms with Gasteiger partial charge in [-0.15, -0.1) is 0 Å². The fourth-order valence-corrected chi connectivity index (χ4v) is 3.17. The molecule has 0 N–H and O–H groups in total. The molecule has 0 unspecified atom stereocenters. The highest BCUT2D eigenvalue weighted by molar-refractivity contribution is 5.97. The largest absolute Gasteiger partial charge is 0.371 e. The summed E-state index contributed by atoms with van der Waals surface area (Å²) in [6.07, 6.45) is 39.2. The molecule has 0 aliphatic heterocycles. The number of hydrogen-bond acceptors (Lipinski definition) is 4. The summed E-state index contributed by atoms with van der Waals surface area (Å²) in [6, 6.07) is 0. The molecule has 0 heterocycles. The Morgan fingerprint density at radius 3 is 0.826 bits per heavy atom. The number of rotatable bonds is 18. The number of allylic oxidation sites excluding steroid dienone is 24. The first-order valence-electron chi connectivity index (χ1n) is 15.5. The van der Waals surface area contributed by atoms with E-state index in [2.05, 4.69) is 50.3 Å². The van der Waals surface area contributed by atoms with Crippen molar-refractivity contribution in [3.8, 4) is 0 Å². The SMILES string of the molecule is COC(C)(C)C(=O)/C=C/C(C)=C/C=C/C(C)=C/C=C/C(C)=C/C=C/C=C(C)/C=C/C=C(C)/C=C/C=C(C)/C=C/C(=O)C(C)(C)OC. The van der Waals surface area contributed by atoms with Gasteiger partial charge in [0.2, 0.25) is 0 Å². The molecule has 0 aromatic heterocycles. The van der Waals surface area contributed by atoms with Crippen molar-refractivity contribution >= 4 is 11.6 Å². The normalized spacial score (nSPS) is 15.9. The van der Waals surface area contributed by atoms with Gasteiger partial charge in [-0.05, 0) is 81.4 Å². The van der Waals surface area contributed by atoms with Gasteiger partial charge >= 0.3 is 0 Å². The van der Waals surface area contributed by atoms with E-state index >= 15 is 0 Å². The summed E-state index contributed by atoms with van der Waals surface area (Å²) in [5, 5.41) is 0. The molecule has 0 aromatic carbocycles. The van der Waals surface area contributed by atoms with Gasteiger partial charge in [-0.3, -0.25) is 9.59 Å². The van der Waals surface area contributed by atoms with Crippen molar-refractivity contribution in [1.82, 2.24) is 0 Å². The molecule has 0 aliphatic rings. The van der Waals surface area contributed by atoms with Crippen LogP contribution in [0.15, 0.2) is 155 Å². The monoisotopic (exact) mass is 624 g/mol. The molecule has 0 aliphatic carbocycles. The molecule has 0 saturated heterocycles. The van der Waals surface area contributed by atoms with Gasteiger partial charge in [-0.2, -0.15) is 0 Å². The van der Waals surface area contributed by atoms with Crippen LogP contribution in [0, 0.1) is 0 Å². The van der Waals surface area contributed by atoms with Gasteiger partial charge in [-0.25, -0.2) is 0 Å². The maximum Gasteiger partial charge on any atom is 0.186 e. The van der Waals surface area contributed by atoms with Crippen molar-refractivity contribution < 1.29 is 19.1 Å². The minimum Gasteiger partial charge on any atom is -0.371 e. The number of carbonyl (C=O) groups excluding carboxylic acids is 2. The highest BCUT2D eigenvalue weighted by Crippen LogP contribution is 2.12. The standard InChI is InChI=1S/C42H56O4/c1-33(21-15-23-35(3)25-17-27-37(5)29-31-39(43)41(7,8)45-11)19-13-14-20-34(2)22-16-24-36(4)26-18-28-38(6)30-32-40(44)42(9,10)46-12/h13-32H,1-12H3/b14-13+,21-15+,22-16+,25-17+,26-18+,31-29+,32-30+,33-19+,34-20+,35-23+,36-24+,37-27+,38-28+. The number of ketones is 2. The van der Waals surface area contributed by atoms with E-state index < -0.39 is 11.2 Å². The summed E-state index contributed by atoms with van der Waals surface area (Å²) in [6.45, 7) is 19.2. The first-order chi connectivity index (χ1) is 21.5. The van der Waals surface area contributed by atoms with Crippen molar-refractivity contribution in [1.29, 1.82) is 0 Å². The third kappa shape index (κ3) is 20.0. The van der Waals surface area contributed by atoms with Gasteiger partial charge in [0.05, 0.1) is 0 Å². The molecule has 0 saturated carbocycles. The van der Waals surface area contributed by atoms with Crippen LogP contribution in [0.3, 0.4) is 0 Å². The molecule has 0 radical (unpaired) electrons. The van der Waals surface area contributed by atoms with Crippen LogP contribution in [-0.2, 0) is 19.1 Å². The smallest absolute Gasteiger partial charge is 0.186 e. The van der Waals surface area contributed by atoms with E-state index in [4.69, 9.17) is 9.47 Å². The van der Waals surface area contributed by atoms with E-state index in [0.29, 0.717) is 0 Å². The van der Waals surface area contributed by atoms with Crippen molar-refractivity contribution in [2.24, 2.45) is 0 Å². The average molecular weight is 625 g/mol. The Morgan fingerprint density at radius 2 is 0.587 bits per heavy atom. The summed E-state index contributed by atoms with van der Waals surface area (Å²) < 4.78 is 10.4. The topological polar surface area (TPSA) is 52.6 Å². The first-order valence-corrected chi connectivity index (χ1v) is 15.5. The summed E-state index contributed by atoms with van der Waals surface area (Å²) in [5.74, 6) is -0.128. The van der Waals surface area contributed by atoms with Gasteiger partial charge in [0.25, 0.3) is 0 Å². The van der Waals surface area contributed by atoms with E-state index in [1.165, 1.54) is 14.2 Å². The summed E-state index contributed by atoms with van der Waals surface area (Å²) in [7, 11) is 3.07. The molecule has 4 nitrogen and oxygen atoms in total. The lowest BCUT2D eigenvalue weighted by molar-refractivity contribution is -0.132. The molecule has 0 aromatic rings. The minimum atomic E-state index is -0.810. The van der Waals surface area contributed by atoms with E-state index in [1.54, 1.807) is 52.0 Å². The van der Waals surface area contributed by atoms with Crippen molar-refractivity contribution in [2.75, 3.05) is 14.2 Å². The van der Waals surface area contributed by atoms with Crippen molar-refractivity contribution in [3.63, 3.8) is 0 Å². The molecule has 0 atom stereocenters. The highest BCUT2D eigenvalue weighted by atomic mass is 16.5. The first kappa shape index (κ1) is 41.9. The Bertz CT molecular complexity index is 1310. The van der Waals surface area contributed by atoms with Gasteiger partial charge in [0, 0.05) is 14.2 Å². The van der Waals surface area contributed by atoms with Gasteiger partial charge in [0.15, 0.2) is 11.6 Å². The molecule has 0 spiro atoms. The van der Waals surface area contributed by atoms with Gasteiger partial charge < -0.3 is 9.47 Å². The zero-order valence-corrected chi connectivity index (χ0v) is 30.2. The van der Waals surface area contributed by atoms with Crippen LogP contribution in [0.5, 0.6) is 0 Å². The van der Waals surface area contributed by atoms with Crippen molar-refractivity contribution in [3.05, 3.63) is 155 Å². The van der Waals surface area contributed by atoms with Gasteiger partial charge in [0.1, 0.15) is 11.2 Å². The molecule has 0 fully saturated rings. The predicted molar refractivity (Wildman–Crippen MR) is 199 cm³/mol. The van der Waals surface area contributed by atoms with Crippen LogP contribution in [0.1, 0.15) is 69.2 Å². The average Bonchev–Trinajstić information content (AvgIpc) is 3.00. The second kappa shape index (κ2) is 22.4. The minimum absolute atomic E-state index is 0.0638. The van der Waals surface area contributed by atoms with Crippen LogP contribution in [0.2, 0.25) is 0 Å². The number of methoxy groups -OCH3 is 2. The van der Waals surface area contributed by atoms with E-state index in [1.807, 2.05) is 88.5 Å².